The number of carbonyl (C=O) groups excluding carboxylic acids is 1. The minimum absolute atomic E-state index is 0.345. The predicted molar refractivity (Wildman–Crippen MR) is 46.7 cm³/mol. The number of hydrogen-bond acceptors (Lipinski definition) is 1. The Hall–Kier alpha value is -0.660. The first kappa shape index (κ1) is 9.43. The van der Waals surface area contributed by atoms with Crippen LogP contribution in [0.3, 0.4) is 0 Å². The molecule has 1 aliphatic carbocycles. The van der Waals surface area contributed by atoms with Crippen LogP contribution >= 0.6 is 0 Å². The number of allylic oxidation sites excluding steroid dienone is 2. The van der Waals surface area contributed by atoms with Crippen LogP contribution in [0.2, 0.25) is 0 Å². The zero-order valence-corrected chi connectivity index (χ0v) is 7.86. The predicted octanol–water partition coefficient (Wildman–Crippen LogP) is 2.66. The van der Waals surface area contributed by atoms with E-state index in [0.717, 1.165) is 19.1 Å². The van der Waals surface area contributed by atoms with Crippen LogP contribution in [0.1, 0.15) is 33.6 Å². The molecule has 0 aromatic heterocycles. The first-order valence-corrected chi connectivity index (χ1v) is 4.32. The molecule has 1 fully saturated rings. The maximum atomic E-state index is 13.4. The number of halogens is 1. The normalized spacial score (nSPS) is 20.3. The molecule has 0 bridgehead atoms. The fourth-order valence-corrected chi connectivity index (χ4v) is 1.23. The van der Waals surface area contributed by atoms with Crippen LogP contribution in [0, 0.1) is 5.92 Å². The van der Waals surface area contributed by atoms with Crippen molar-refractivity contribution in [3.8, 4) is 0 Å². The summed E-state index contributed by atoms with van der Waals surface area (Å²) in [4.78, 5) is 10.7. The average Bonchev–Trinajstić information content (AvgIpc) is 2.70. The SMILES string of the molecule is C/C(=C(\C=O)C1CC1)C(C)(C)F. The molecule has 0 spiro atoms. The highest BCUT2D eigenvalue weighted by Gasteiger charge is 2.31. The van der Waals surface area contributed by atoms with E-state index in [1.54, 1.807) is 6.92 Å². The molecule has 0 radical (unpaired) electrons. The molecule has 1 rings (SSSR count). The molecule has 12 heavy (non-hydrogen) atoms. The summed E-state index contributed by atoms with van der Waals surface area (Å²) in [5, 5.41) is 0. The second-order valence-corrected chi connectivity index (χ2v) is 3.94. The van der Waals surface area contributed by atoms with Crippen molar-refractivity contribution < 1.29 is 9.18 Å². The Labute approximate surface area is 72.7 Å². The van der Waals surface area contributed by atoms with Gasteiger partial charge in [-0.3, -0.25) is 4.79 Å². The molecule has 1 aliphatic rings. The van der Waals surface area contributed by atoms with Crippen molar-refractivity contribution >= 4 is 6.29 Å². The van der Waals surface area contributed by atoms with Gasteiger partial charge in [-0.2, -0.15) is 0 Å². The lowest BCUT2D eigenvalue weighted by Crippen LogP contribution is -2.16. The smallest absolute Gasteiger partial charge is 0.146 e. The number of carbonyl (C=O) groups is 1. The van der Waals surface area contributed by atoms with E-state index in [-0.39, 0.29) is 0 Å². The van der Waals surface area contributed by atoms with Gasteiger partial charge in [0.05, 0.1) is 0 Å². The average molecular weight is 170 g/mol. The Morgan fingerprint density at radius 1 is 1.50 bits per heavy atom. The van der Waals surface area contributed by atoms with Crippen molar-refractivity contribution in [2.45, 2.75) is 39.3 Å². The van der Waals surface area contributed by atoms with Crippen molar-refractivity contribution in [3.05, 3.63) is 11.1 Å². The van der Waals surface area contributed by atoms with Gasteiger partial charge in [0.25, 0.3) is 0 Å². The number of alkyl halides is 1. The van der Waals surface area contributed by atoms with Crippen LogP contribution in [0.4, 0.5) is 4.39 Å². The first-order valence-electron chi connectivity index (χ1n) is 4.32. The number of hydrogen-bond donors (Lipinski definition) is 0. The lowest BCUT2D eigenvalue weighted by Gasteiger charge is -2.17. The van der Waals surface area contributed by atoms with E-state index in [4.69, 9.17) is 0 Å². The van der Waals surface area contributed by atoms with E-state index < -0.39 is 5.67 Å². The van der Waals surface area contributed by atoms with Gasteiger partial charge in [0.1, 0.15) is 12.0 Å². The molecule has 1 nitrogen and oxygen atoms in total. The van der Waals surface area contributed by atoms with Gasteiger partial charge in [-0.1, -0.05) is 0 Å². The molecule has 0 aromatic carbocycles. The molecule has 0 heterocycles. The summed E-state index contributed by atoms with van der Waals surface area (Å²) >= 11 is 0. The minimum Gasteiger partial charge on any atom is -0.298 e. The molecule has 0 unspecified atom stereocenters. The largest absolute Gasteiger partial charge is 0.298 e. The molecular weight excluding hydrogens is 155 g/mol. The maximum Gasteiger partial charge on any atom is 0.146 e. The van der Waals surface area contributed by atoms with Crippen molar-refractivity contribution in [1.29, 1.82) is 0 Å². The van der Waals surface area contributed by atoms with Crippen molar-refractivity contribution in [2.75, 3.05) is 0 Å². The second-order valence-electron chi connectivity index (χ2n) is 3.94. The monoisotopic (exact) mass is 170 g/mol. The Bertz CT molecular complexity index is 218. The molecule has 0 amide bonds. The van der Waals surface area contributed by atoms with E-state index in [1.165, 1.54) is 13.8 Å². The van der Waals surface area contributed by atoms with E-state index >= 15 is 0 Å². The van der Waals surface area contributed by atoms with E-state index in [0.29, 0.717) is 17.1 Å². The standard InChI is InChI=1S/C10H15FO/c1-7(10(2,3)11)9(6-12)8-4-5-8/h6,8H,4-5H2,1-3H3/b9-7-. The Kier molecular flexibility index (Phi) is 2.36. The van der Waals surface area contributed by atoms with Gasteiger partial charge in [-0.15, -0.1) is 0 Å². The van der Waals surface area contributed by atoms with E-state index in [9.17, 15) is 9.18 Å². The lowest BCUT2D eigenvalue weighted by molar-refractivity contribution is -0.105. The van der Waals surface area contributed by atoms with Crippen molar-refractivity contribution in [2.24, 2.45) is 5.92 Å². The topological polar surface area (TPSA) is 17.1 Å². The Morgan fingerprint density at radius 3 is 2.25 bits per heavy atom. The maximum absolute atomic E-state index is 13.4. The fourth-order valence-electron chi connectivity index (χ4n) is 1.23. The summed E-state index contributed by atoms with van der Waals surface area (Å²) in [5.41, 5.74) is -0.0683. The molecule has 0 atom stereocenters. The number of rotatable bonds is 3. The zero-order chi connectivity index (χ0) is 9.35. The highest BCUT2D eigenvalue weighted by molar-refractivity contribution is 5.76. The lowest BCUT2D eigenvalue weighted by atomic mass is 9.94. The summed E-state index contributed by atoms with van der Waals surface area (Å²) in [6.45, 7) is 4.70. The van der Waals surface area contributed by atoms with Gasteiger partial charge in [0.2, 0.25) is 0 Å². The van der Waals surface area contributed by atoms with Crippen LogP contribution in [-0.4, -0.2) is 12.0 Å². The van der Waals surface area contributed by atoms with Gasteiger partial charge >= 0.3 is 0 Å². The van der Waals surface area contributed by atoms with Gasteiger partial charge in [0.15, 0.2) is 0 Å². The van der Waals surface area contributed by atoms with Gasteiger partial charge in [0, 0.05) is 0 Å². The van der Waals surface area contributed by atoms with Crippen LogP contribution in [-0.2, 0) is 4.79 Å². The van der Waals surface area contributed by atoms with Gasteiger partial charge in [-0.25, -0.2) is 4.39 Å². The fraction of sp³-hybridized carbons (Fsp3) is 0.700. The minimum atomic E-state index is -1.35. The van der Waals surface area contributed by atoms with Crippen LogP contribution in [0.5, 0.6) is 0 Å². The molecule has 0 N–H and O–H groups in total. The molecule has 68 valence electrons. The zero-order valence-electron chi connectivity index (χ0n) is 7.86. The van der Waals surface area contributed by atoms with Crippen LogP contribution in [0.25, 0.3) is 0 Å². The molecule has 0 saturated heterocycles. The highest BCUT2D eigenvalue weighted by atomic mass is 19.1. The Balaban J connectivity index is 2.90. The van der Waals surface area contributed by atoms with Crippen LogP contribution in [0.15, 0.2) is 11.1 Å². The second kappa shape index (κ2) is 3.00. The van der Waals surface area contributed by atoms with Gasteiger partial charge < -0.3 is 0 Å². The molecule has 0 aliphatic heterocycles. The summed E-state index contributed by atoms with van der Waals surface area (Å²) in [5.74, 6) is 0.345. The quantitative estimate of drug-likeness (QED) is 0.470. The third-order valence-electron chi connectivity index (χ3n) is 2.47. The Morgan fingerprint density at radius 2 is 2.00 bits per heavy atom. The summed E-state index contributed by atoms with van der Waals surface area (Å²) in [6.07, 6.45) is 2.90. The van der Waals surface area contributed by atoms with Crippen LogP contribution < -0.4 is 0 Å². The molecule has 2 heteroatoms. The molecule has 1 saturated carbocycles. The summed E-state index contributed by atoms with van der Waals surface area (Å²) < 4.78 is 13.4. The van der Waals surface area contributed by atoms with E-state index in [2.05, 4.69) is 0 Å². The molecule has 0 aromatic rings. The third-order valence-corrected chi connectivity index (χ3v) is 2.47. The summed E-state index contributed by atoms with van der Waals surface area (Å²) in [6, 6.07) is 0. The molecular formula is C10H15FO. The summed E-state index contributed by atoms with van der Waals surface area (Å²) in [7, 11) is 0. The van der Waals surface area contributed by atoms with E-state index in [1.807, 2.05) is 0 Å². The first-order chi connectivity index (χ1) is 5.46. The van der Waals surface area contributed by atoms with Gasteiger partial charge in [-0.05, 0) is 50.7 Å². The third kappa shape index (κ3) is 1.93. The highest BCUT2D eigenvalue weighted by Crippen LogP contribution is 2.39. The van der Waals surface area contributed by atoms with Crippen molar-refractivity contribution in [3.63, 3.8) is 0 Å². The number of aldehydes is 1. The van der Waals surface area contributed by atoms with Crippen molar-refractivity contribution in [1.82, 2.24) is 0 Å².